The molecule has 88 valence electrons. The van der Waals surface area contributed by atoms with Crippen LogP contribution >= 0.6 is 22.6 Å². The van der Waals surface area contributed by atoms with Crippen LogP contribution in [0.15, 0.2) is 22.6 Å². The molecular weight excluding hydrogens is 329 g/mol. The summed E-state index contributed by atoms with van der Waals surface area (Å²) in [5.41, 5.74) is 2.34. The van der Waals surface area contributed by atoms with E-state index >= 15 is 0 Å². The Kier molecular flexibility index (Phi) is 2.11. The van der Waals surface area contributed by atoms with Crippen molar-refractivity contribution in [2.24, 2.45) is 0 Å². The van der Waals surface area contributed by atoms with Gasteiger partial charge in [0.05, 0.1) is 13.2 Å². The summed E-state index contributed by atoms with van der Waals surface area (Å²) in [5, 5.41) is 4.81. The number of nitrogens with one attached hydrogen (secondary N) is 1. The number of benzene rings is 1. The van der Waals surface area contributed by atoms with Crippen LogP contribution in [0.5, 0.6) is 0 Å². The van der Waals surface area contributed by atoms with E-state index < -0.39 is 0 Å². The van der Waals surface area contributed by atoms with Crippen molar-refractivity contribution in [3.63, 3.8) is 0 Å². The first-order valence-electron chi connectivity index (χ1n) is 5.83. The van der Waals surface area contributed by atoms with Gasteiger partial charge in [0, 0.05) is 21.1 Å². The topological polar surface area (TPSA) is 34.4 Å². The molecule has 2 aromatic rings. The number of halogens is 1. The van der Waals surface area contributed by atoms with Crippen LogP contribution in [0, 0.1) is 3.57 Å². The van der Waals surface area contributed by atoms with Gasteiger partial charge in [-0.05, 0) is 47.2 Å². The number of ether oxygens (including phenoxy) is 1. The van der Waals surface area contributed by atoms with E-state index in [2.05, 4.69) is 46.1 Å². The van der Waals surface area contributed by atoms with E-state index in [0.717, 1.165) is 37.5 Å². The smallest absolute Gasteiger partial charge is 0.135 e. The maximum Gasteiger partial charge on any atom is 0.135 e. The zero-order valence-electron chi connectivity index (χ0n) is 9.25. The largest absolute Gasteiger partial charge is 0.459 e. The number of rotatable bonds is 0. The predicted octanol–water partition coefficient (Wildman–Crippen LogP) is 2.41. The molecule has 4 heteroatoms. The molecule has 2 aliphatic rings. The third-order valence-electron chi connectivity index (χ3n) is 3.72. The van der Waals surface area contributed by atoms with Crippen molar-refractivity contribution in [2.75, 3.05) is 19.8 Å². The Hall–Kier alpha value is -0.590. The van der Waals surface area contributed by atoms with Crippen LogP contribution in [0.4, 0.5) is 0 Å². The Morgan fingerprint density at radius 1 is 1.29 bits per heavy atom. The van der Waals surface area contributed by atoms with Crippen LogP contribution in [0.25, 0.3) is 11.0 Å². The van der Waals surface area contributed by atoms with E-state index in [-0.39, 0.29) is 5.54 Å². The van der Waals surface area contributed by atoms with Crippen molar-refractivity contribution in [3.05, 3.63) is 33.1 Å². The highest BCUT2D eigenvalue weighted by atomic mass is 127. The van der Waals surface area contributed by atoms with Crippen LogP contribution in [0.2, 0.25) is 0 Å². The summed E-state index contributed by atoms with van der Waals surface area (Å²) in [5.74, 6) is 1.10. The molecule has 1 N–H and O–H groups in total. The molecule has 0 saturated carbocycles. The number of furan rings is 1. The zero-order valence-corrected chi connectivity index (χ0v) is 11.4. The summed E-state index contributed by atoms with van der Waals surface area (Å²) >= 11 is 2.32. The van der Waals surface area contributed by atoms with Gasteiger partial charge in [-0.25, -0.2) is 0 Å². The van der Waals surface area contributed by atoms with Gasteiger partial charge in [-0.1, -0.05) is 0 Å². The van der Waals surface area contributed by atoms with Crippen molar-refractivity contribution in [1.29, 1.82) is 0 Å². The monoisotopic (exact) mass is 341 g/mol. The normalized spacial score (nSPS) is 21.5. The van der Waals surface area contributed by atoms with Gasteiger partial charge in [0.2, 0.25) is 0 Å². The van der Waals surface area contributed by atoms with Crippen LogP contribution in [0.1, 0.15) is 11.3 Å². The molecule has 3 nitrogen and oxygen atoms in total. The molecule has 1 aromatic carbocycles. The highest BCUT2D eigenvalue weighted by molar-refractivity contribution is 14.1. The van der Waals surface area contributed by atoms with Gasteiger partial charge < -0.3 is 14.5 Å². The molecule has 1 spiro atoms. The Morgan fingerprint density at radius 2 is 2.18 bits per heavy atom. The molecule has 4 rings (SSSR count). The second-order valence-electron chi connectivity index (χ2n) is 4.80. The number of fused-ring (bicyclic) bond motifs is 4. The van der Waals surface area contributed by atoms with Crippen molar-refractivity contribution in [3.8, 4) is 0 Å². The predicted molar refractivity (Wildman–Crippen MR) is 73.1 cm³/mol. The summed E-state index contributed by atoms with van der Waals surface area (Å²) in [6, 6.07) is 6.43. The lowest BCUT2D eigenvalue weighted by atomic mass is 9.86. The Labute approximate surface area is 113 Å². The van der Waals surface area contributed by atoms with Crippen molar-refractivity contribution in [2.45, 2.75) is 12.0 Å². The summed E-state index contributed by atoms with van der Waals surface area (Å²) in [4.78, 5) is 0. The molecule has 1 saturated heterocycles. The van der Waals surface area contributed by atoms with E-state index in [1.165, 1.54) is 14.5 Å². The molecule has 0 atom stereocenters. The molecule has 0 unspecified atom stereocenters. The van der Waals surface area contributed by atoms with Crippen molar-refractivity contribution >= 4 is 33.6 Å². The zero-order chi connectivity index (χ0) is 11.5. The third kappa shape index (κ3) is 1.34. The van der Waals surface area contributed by atoms with Gasteiger partial charge in [-0.3, -0.25) is 0 Å². The maximum atomic E-state index is 6.08. The first-order chi connectivity index (χ1) is 8.28. The molecule has 0 aliphatic carbocycles. The van der Waals surface area contributed by atoms with Gasteiger partial charge in [0.25, 0.3) is 0 Å². The average molecular weight is 341 g/mol. The second-order valence-corrected chi connectivity index (χ2v) is 6.05. The van der Waals surface area contributed by atoms with E-state index in [1.54, 1.807) is 0 Å². The first kappa shape index (κ1) is 10.3. The summed E-state index contributed by atoms with van der Waals surface area (Å²) < 4.78 is 12.7. The van der Waals surface area contributed by atoms with Crippen molar-refractivity contribution in [1.82, 2.24) is 5.32 Å². The van der Waals surface area contributed by atoms with Gasteiger partial charge in [-0.2, -0.15) is 0 Å². The molecule has 3 heterocycles. The van der Waals surface area contributed by atoms with Gasteiger partial charge in [0.15, 0.2) is 0 Å². The quantitative estimate of drug-likeness (QED) is 0.748. The fraction of sp³-hybridized carbons (Fsp3) is 0.385. The van der Waals surface area contributed by atoms with Crippen molar-refractivity contribution < 1.29 is 9.15 Å². The Balaban J connectivity index is 2.00. The summed E-state index contributed by atoms with van der Waals surface area (Å²) in [6.07, 6.45) is 1.05. The third-order valence-corrected chi connectivity index (χ3v) is 4.40. The number of hydrogen-bond donors (Lipinski definition) is 1. The molecule has 2 aliphatic heterocycles. The van der Waals surface area contributed by atoms with Crippen LogP contribution in [-0.4, -0.2) is 19.8 Å². The molecule has 0 bridgehead atoms. The molecule has 0 radical (unpaired) electrons. The Bertz CT molecular complexity index is 601. The highest BCUT2D eigenvalue weighted by Crippen LogP contribution is 2.40. The number of hydrogen-bond acceptors (Lipinski definition) is 3. The molecule has 0 amide bonds. The lowest BCUT2D eigenvalue weighted by Crippen LogP contribution is -2.60. The maximum absolute atomic E-state index is 6.08. The highest BCUT2D eigenvalue weighted by Gasteiger charge is 2.46. The summed E-state index contributed by atoms with van der Waals surface area (Å²) in [7, 11) is 0. The lowest BCUT2D eigenvalue weighted by Gasteiger charge is -2.43. The standard InChI is InChI=1S/C13H12INO2/c14-8-1-2-9-10-3-4-15-13(6-16-7-13)12(10)17-11(9)5-8/h1-2,5,15H,3-4,6-7H2. The minimum Gasteiger partial charge on any atom is -0.459 e. The van der Waals surface area contributed by atoms with Gasteiger partial charge >= 0.3 is 0 Å². The van der Waals surface area contributed by atoms with Gasteiger partial charge in [0.1, 0.15) is 16.9 Å². The second kappa shape index (κ2) is 3.46. The average Bonchev–Trinajstić information content (AvgIpc) is 2.63. The van der Waals surface area contributed by atoms with Crippen LogP contribution < -0.4 is 5.32 Å². The van der Waals surface area contributed by atoms with E-state index in [4.69, 9.17) is 9.15 Å². The molecule has 1 fully saturated rings. The minimum absolute atomic E-state index is 0.0436. The van der Waals surface area contributed by atoms with Gasteiger partial charge in [-0.15, -0.1) is 0 Å². The van der Waals surface area contributed by atoms with E-state index in [9.17, 15) is 0 Å². The fourth-order valence-electron chi connectivity index (χ4n) is 2.80. The van der Waals surface area contributed by atoms with E-state index in [0.29, 0.717) is 0 Å². The minimum atomic E-state index is -0.0436. The molecule has 17 heavy (non-hydrogen) atoms. The fourth-order valence-corrected chi connectivity index (χ4v) is 3.27. The lowest BCUT2D eigenvalue weighted by molar-refractivity contribution is -0.0911. The van der Waals surface area contributed by atoms with E-state index in [1.807, 2.05) is 0 Å². The first-order valence-corrected chi connectivity index (χ1v) is 6.91. The SMILES string of the molecule is Ic1ccc2c3c(oc2c1)C1(COC1)NCC3. The molecule has 1 aromatic heterocycles. The summed E-state index contributed by atoms with van der Waals surface area (Å²) in [6.45, 7) is 2.48. The molecular formula is C13H12INO2. The van der Waals surface area contributed by atoms with Crippen LogP contribution in [-0.2, 0) is 16.7 Å². The van der Waals surface area contributed by atoms with Crippen LogP contribution in [0.3, 0.4) is 0 Å². The Morgan fingerprint density at radius 3 is 2.94 bits per heavy atom.